The molecule has 6 atom stereocenters. The Hall–Kier alpha value is -0.820. The van der Waals surface area contributed by atoms with Gasteiger partial charge in [0.1, 0.15) is 0 Å². The van der Waals surface area contributed by atoms with Crippen molar-refractivity contribution in [3.05, 3.63) is 35.5 Å². The fourth-order valence-electron chi connectivity index (χ4n) is 6.78. The molecule has 0 radical (unpaired) electrons. The predicted octanol–water partition coefficient (Wildman–Crippen LogP) is 7.72. The molecule has 3 rings (SSSR count). The maximum Gasteiger partial charge on any atom is 0.0436 e. The molecule has 0 bridgehead atoms. The first-order valence-electron chi connectivity index (χ1n) is 12.4. The summed E-state index contributed by atoms with van der Waals surface area (Å²) >= 11 is 0. The number of aliphatic hydroxyl groups excluding tert-OH is 1. The van der Waals surface area contributed by atoms with Gasteiger partial charge in [0.15, 0.2) is 0 Å². The van der Waals surface area contributed by atoms with Crippen LogP contribution in [0.5, 0.6) is 0 Å². The molecule has 0 spiro atoms. The van der Waals surface area contributed by atoms with Gasteiger partial charge in [0.2, 0.25) is 0 Å². The molecule has 1 nitrogen and oxygen atoms in total. The molecule has 0 aromatic rings. The van der Waals surface area contributed by atoms with E-state index in [4.69, 9.17) is 0 Å². The van der Waals surface area contributed by atoms with E-state index in [0.717, 1.165) is 6.42 Å². The second-order valence-electron chi connectivity index (χ2n) is 11.4. The van der Waals surface area contributed by atoms with E-state index in [-0.39, 0.29) is 5.41 Å². The molecule has 164 valence electrons. The van der Waals surface area contributed by atoms with E-state index >= 15 is 0 Å². The molecule has 0 saturated heterocycles. The molecule has 0 heterocycles. The van der Waals surface area contributed by atoms with Gasteiger partial charge in [-0.3, -0.25) is 0 Å². The molecular formula is C28H46O. The minimum atomic E-state index is 0.210. The van der Waals surface area contributed by atoms with E-state index in [1.807, 2.05) is 0 Å². The molecule has 1 N–H and O–H groups in total. The van der Waals surface area contributed by atoms with Crippen LogP contribution in [0.1, 0.15) is 92.9 Å². The lowest BCUT2D eigenvalue weighted by atomic mass is 9.60. The molecule has 6 unspecified atom stereocenters. The van der Waals surface area contributed by atoms with Crippen molar-refractivity contribution in [1.82, 2.24) is 0 Å². The average molecular weight is 399 g/mol. The quantitative estimate of drug-likeness (QED) is 0.435. The third kappa shape index (κ3) is 4.60. The molecule has 0 aromatic heterocycles. The lowest BCUT2D eigenvalue weighted by Gasteiger charge is -2.45. The first kappa shape index (κ1) is 22.9. The summed E-state index contributed by atoms with van der Waals surface area (Å²) in [4.78, 5) is 0. The average Bonchev–Trinajstić information content (AvgIpc) is 3.01. The van der Waals surface area contributed by atoms with Crippen molar-refractivity contribution in [2.75, 3.05) is 6.61 Å². The topological polar surface area (TPSA) is 20.2 Å². The Morgan fingerprint density at radius 2 is 1.83 bits per heavy atom. The third-order valence-corrected chi connectivity index (χ3v) is 9.20. The summed E-state index contributed by atoms with van der Waals surface area (Å²) in [5.74, 6) is 3.21. The minimum absolute atomic E-state index is 0.210. The van der Waals surface area contributed by atoms with E-state index in [1.54, 1.807) is 11.1 Å². The molecule has 3 aliphatic carbocycles. The smallest absolute Gasteiger partial charge is 0.0436 e. The van der Waals surface area contributed by atoms with Crippen LogP contribution >= 0.6 is 0 Å². The van der Waals surface area contributed by atoms with Gasteiger partial charge in [-0.05, 0) is 85.4 Å². The maximum absolute atomic E-state index is 9.99. The van der Waals surface area contributed by atoms with Crippen molar-refractivity contribution in [2.45, 2.75) is 92.9 Å². The zero-order valence-electron chi connectivity index (χ0n) is 20.0. The zero-order valence-corrected chi connectivity index (χ0v) is 20.0. The summed E-state index contributed by atoms with van der Waals surface area (Å²) in [5.41, 5.74) is 3.99. The zero-order chi connectivity index (χ0) is 21.2. The maximum atomic E-state index is 9.99. The molecule has 3 aliphatic rings. The van der Waals surface area contributed by atoms with Gasteiger partial charge in [-0.25, -0.2) is 0 Å². The van der Waals surface area contributed by atoms with Crippen molar-refractivity contribution in [3.8, 4) is 0 Å². The van der Waals surface area contributed by atoms with Gasteiger partial charge in [0.25, 0.3) is 0 Å². The van der Waals surface area contributed by atoms with Crippen molar-refractivity contribution in [3.63, 3.8) is 0 Å². The Kier molecular flexibility index (Phi) is 7.19. The summed E-state index contributed by atoms with van der Waals surface area (Å²) in [6.07, 6.45) is 20.1. The van der Waals surface area contributed by atoms with Crippen LogP contribution in [0.3, 0.4) is 0 Å². The normalized spacial score (nSPS) is 37.4. The van der Waals surface area contributed by atoms with E-state index in [9.17, 15) is 5.11 Å². The Bertz CT molecular complexity index is 653. The first-order valence-corrected chi connectivity index (χ1v) is 12.4. The predicted molar refractivity (Wildman–Crippen MR) is 126 cm³/mol. The van der Waals surface area contributed by atoms with Crippen LogP contribution < -0.4 is 0 Å². The van der Waals surface area contributed by atoms with E-state index < -0.39 is 0 Å². The van der Waals surface area contributed by atoms with Crippen LogP contribution in [0.15, 0.2) is 35.5 Å². The summed E-state index contributed by atoms with van der Waals surface area (Å²) in [5, 5.41) is 9.99. The first-order chi connectivity index (χ1) is 13.7. The molecule has 1 heteroatoms. The van der Waals surface area contributed by atoms with Gasteiger partial charge < -0.3 is 5.11 Å². The molecule has 29 heavy (non-hydrogen) atoms. The Morgan fingerprint density at radius 1 is 1.07 bits per heavy atom. The van der Waals surface area contributed by atoms with E-state index in [1.165, 1.54) is 44.9 Å². The monoisotopic (exact) mass is 398 g/mol. The Labute approximate surface area is 180 Å². The highest BCUT2D eigenvalue weighted by Gasteiger charge is 2.50. The second-order valence-corrected chi connectivity index (χ2v) is 11.4. The van der Waals surface area contributed by atoms with Gasteiger partial charge >= 0.3 is 0 Å². The van der Waals surface area contributed by atoms with Gasteiger partial charge in [-0.1, -0.05) is 83.4 Å². The van der Waals surface area contributed by atoms with Gasteiger partial charge in [0.05, 0.1) is 0 Å². The lowest BCUT2D eigenvalue weighted by molar-refractivity contribution is 0.0957. The van der Waals surface area contributed by atoms with Crippen LogP contribution in [0.4, 0.5) is 0 Å². The highest BCUT2D eigenvalue weighted by atomic mass is 16.3. The van der Waals surface area contributed by atoms with Gasteiger partial charge in [0, 0.05) is 6.61 Å². The number of fused-ring (bicyclic) bond motifs is 1. The summed E-state index contributed by atoms with van der Waals surface area (Å²) in [7, 11) is 0. The number of allylic oxidation sites excluding steroid dienone is 6. The van der Waals surface area contributed by atoms with Crippen LogP contribution in [-0.4, -0.2) is 11.7 Å². The molecule has 2 fully saturated rings. The van der Waals surface area contributed by atoms with Crippen LogP contribution in [0, 0.1) is 40.4 Å². The number of rotatable bonds is 7. The number of aliphatic hydroxyl groups is 1. The largest absolute Gasteiger partial charge is 0.396 e. The minimum Gasteiger partial charge on any atom is -0.396 e. The van der Waals surface area contributed by atoms with Gasteiger partial charge in [-0.2, -0.15) is 0 Å². The fourth-order valence-corrected chi connectivity index (χ4v) is 6.78. The molecule has 0 amide bonds. The molecule has 0 aromatic carbocycles. The van der Waals surface area contributed by atoms with Crippen molar-refractivity contribution in [1.29, 1.82) is 0 Å². The SMILES string of the molecule is CC(C)C(C)/C=C/C(C)C1CCC(C2=CC=C3CCCCC3(C)C2)C1(C)CCO. The highest BCUT2D eigenvalue weighted by molar-refractivity contribution is 5.34. The van der Waals surface area contributed by atoms with Crippen LogP contribution in [0.2, 0.25) is 0 Å². The summed E-state index contributed by atoms with van der Waals surface area (Å²) in [6, 6.07) is 0. The lowest BCUT2D eigenvalue weighted by Crippen LogP contribution is -2.36. The van der Waals surface area contributed by atoms with E-state index in [0.29, 0.717) is 41.6 Å². The molecule has 2 saturated carbocycles. The third-order valence-electron chi connectivity index (χ3n) is 9.20. The number of hydrogen-bond acceptors (Lipinski definition) is 1. The number of hydrogen-bond donors (Lipinski definition) is 1. The summed E-state index contributed by atoms with van der Waals surface area (Å²) in [6.45, 7) is 14.7. The second kappa shape index (κ2) is 9.13. The highest BCUT2D eigenvalue weighted by Crippen LogP contribution is 2.59. The summed E-state index contributed by atoms with van der Waals surface area (Å²) < 4.78 is 0. The van der Waals surface area contributed by atoms with Crippen molar-refractivity contribution < 1.29 is 5.11 Å². The van der Waals surface area contributed by atoms with Crippen LogP contribution in [-0.2, 0) is 0 Å². The van der Waals surface area contributed by atoms with Crippen molar-refractivity contribution >= 4 is 0 Å². The van der Waals surface area contributed by atoms with Crippen LogP contribution in [0.25, 0.3) is 0 Å². The standard InChI is InChI=1S/C28H46O/c1-20(2)21(3)10-11-22(4)25-14-15-26(28(25,6)17-18-29)23-12-13-24-9-7-8-16-27(24,5)19-23/h10-13,20-22,25-26,29H,7-9,14-19H2,1-6H3/b11-10+. The fraction of sp³-hybridized carbons (Fsp3) is 0.786. The molecule has 0 aliphatic heterocycles. The van der Waals surface area contributed by atoms with Crippen molar-refractivity contribution in [2.24, 2.45) is 40.4 Å². The molecular weight excluding hydrogens is 352 g/mol. The van der Waals surface area contributed by atoms with Gasteiger partial charge in [-0.15, -0.1) is 0 Å². The van der Waals surface area contributed by atoms with E-state index in [2.05, 4.69) is 65.8 Å². The Morgan fingerprint density at radius 3 is 2.52 bits per heavy atom. The Balaban J connectivity index is 1.82.